The molecule has 5 heteroatoms. The van der Waals surface area contributed by atoms with Gasteiger partial charge in [0.05, 0.1) is 12.3 Å². The minimum absolute atomic E-state index is 0.512. The zero-order valence-corrected chi connectivity index (χ0v) is 12.7. The van der Waals surface area contributed by atoms with E-state index in [-0.39, 0.29) is 0 Å². The molecule has 0 aliphatic rings. The molecule has 2 aromatic rings. The lowest BCUT2D eigenvalue weighted by Gasteiger charge is -2.14. The zero-order valence-electron chi connectivity index (χ0n) is 12.7. The highest BCUT2D eigenvalue weighted by Gasteiger charge is 2.12. The largest absolute Gasteiger partial charge is 0.490 e. The highest BCUT2D eigenvalue weighted by Crippen LogP contribution is 2.32. The molecule has 0 unspecified atom stereocenters. The Morgan fingerprint density at radius 2 is 1.95 bits per heavy atom. The molecule has 0 fully saturated rings. The van der Waals surface area contributed by atoms with Crippen molar-refractivity contribution in [1.29, 1.82) is 0 Å². The van der Waals surface area contributed by atoms with Gasteiger partial charge in [-0.25, -0.2) is 9.97 Å². The predicted octanol–water partition coefficient (Wildman–Crippen LogP) is 2.91. The quantitative estimate of drug-likeness (QED) is 0.794. The average Bonchev–Trinajstić information content (AvgIpc) is 2.51. The van der Waals surface area contributed by atoms with Crippen molar-refractivity contribution < 1.29 is 9.47 Å². The van der Waals surface area contributed by atoms with Crippen molar-refractivity contribution in [2.24, 2.45) is 0 Å². The maximum atomic E-state index is 5.78. The van der Waals surface area contributed by atoms with E-state index >= 15 is 0 Å². The molecule has 2 rings (SSSR count). The van der Waals surface area contributed by atoms with E-state index in [1.807, 2.05) is 38.1 Å². The van der Waals surface area contributed by atoms with Gasteiger partial charge in [-0.3, -0.25) is 0 Å². The highest BCUT2D eigenvalue weighted by atomic mass is 16.5. The summed E-state index contributed by atoms with van der Waals surface area (Å²) in [4.78, 5) is 8.69. The van der Waals surface area contributed by atoms with Crippen LogP contribution in [0.5, 0.6) is 5.75 Å². The lowest BCUT2D eigenvalue weighted by atomic mass is 10.1. The first-order valence-corrected chi connectivity index (χ1v) is 7.04. The van der Waals surface area contributed by atoms with Crippen LogP contribution in [0.3, 0.4) is 0 Å². The van der Waals surface area contributed by atoms with Crippen molar-refractivity contribution in [3.8, 4) is 17.0 Å². The van der Waals surface area contributed by atoms with Gasteiger partial charge < -0.3 is 14.8 Å². The molecule has 0 saturated carbocycles. The Labute approximate surface area is 125 Å². The van der Waals surface area contributed by atoms with Gasteiger partial charge in [0.1, 0.15) is 24.5 Å². The highest BCUT2D eigenvalue weighted by molar-refractivity contribution is 5.73. The van der Waals surface area contributed by atoms with Gasteiger partial charge in [0.25, 0.3) is 0 Å². The van der Waals surface area contributed by atoms with Crippen LogP contribution in [0.4, 0.5) is 5.82 Å². The fraction of sp³-hybridized carbons (Fsp3) is 0.375. The summed E-state index contributed by atoms with van der Waals surface area (Å²) in [6.07, 6.45) is 1.58. The van der Waals surface area contributed by atoms with E-state index in [0.29, 0.717) is 13.2 Å². The number of hydrogen-bond donors (Lipinski definition) is 1. The Bertz CT molecular complexity index is 587. The van der Waals surface area contributed by atoms with Crippen molar-refractivity contribution in [1.82, 2.24) is 9.97 Å². The molecule has 5 nitrogen and oxygen atoms in total. The smallest absolute Gasteiger partial charge is 0.132 e. The van der Waals surface area contributed by atoms with Gasteiger partial charge in [0, 0.05) is 24.8 Å². The summed E-state index contributed by atoms with van der Waals surface area (Å²) in [6.45, 7) is 5.95. The van der Waals surface area contributed by atoms with Crippen molar-refractivity contribution in [2.75, 3.05) is 32.2 Å². The number of hydrogen-bond acceptors (Lipinski definition) is 5. The van der Waals surface area contributed by atoms with E-state index in [2.05, 4.69) is 15.3 Å². The standard InChI is InChI=1S/C16H21N3O2/c1-4-17-16-12(2)15(18-11-19-16)13-7-5-6-8-14(13)21-10-9-20-3/h5-8,11H,4,9-10H2,1-3H3,(H,17,18,19). The first-order valence-electron chi connectivity index (χ1n) is 7.04. The predicted molar refractivity (Wildman–Crippen MR) is 83.7 cm³/mol. The van der Waals surface area contributed by atoms with Crippen molar-refractivity contribution in [3.63, 3.8) is 0 Å². The third-order valence-electron chi connectivity index (χ3n) is 3.12. The molecule has 0 radical (unpaired) electrons. The van der Waals surface area contributed by atoms with Gasteiger partial charge in [-0.1, -0.05) is 12.1 Å². The fourth-order valence-corrected chi connectivity index (χ4v) is 2.09. The number of anilines is 1. The molecular formula is C16H21N3O2. The summed E-state index contributed by atoms with van der Waals surface area (Å²) >= 11 is 0. The molecule has 21 heavy (non-hydrogen) atoms. The van der Waals surface area contributed by atoms with Crippen LogP contribution in [0.2, 0.25) is 0 Å². The van der Waals surface area contributed by atoms with E-state index in [4.69, 9.17) is 9.47 Å². The molecule has 112 valence electrons. The molecular weight excluding hydrogens is 266 g/mol. The second kappa shape index (κ2) is 7.59. The summed E-state index contributed by atoms with van der Waals surface area (Å²) in [6, 6.07) is 7.88. The Balaban J connectivity index is 2.35. The first-order chi connectivity index (χ1) is 10.3. The van der Waals surface area contributed by atoms with Crippen LogP contribution in [-0.4, -0.2) is 36.8 Å². The summed E-state index contributed by atoms with van der Waals surface area (Å²) in [5.41, 5.74) is 2.86. The molecule has 1 N–H and O–H groups in total. The van der Waals surface area contributed by atoms with Gasteiger partial charge in [0.2, 0.25) is 0 Å². The monoisotopic (exact) mass is 287 g/mol. The number of benzene rings is 1. The lowest BCUT2D eigenvalue weighted by Crippen LogP contribution is -2.07. The van der Waals surface area contributed by atoms with Crippen LogP contribution >= 0.6 is 0 Å². The van der Waals surface area contributed by atoms with E-state index in [9.17, 15) is 0 Å². The van der Waals surface area contributed by atoms with Crippen molar-refractivity contribution in [3.05, 3.63) is 36.2 Å². The number of methoxy groups -OCH3 is 1. The van der Waals surface area contributed by atoms with Crippen LogP contribution in [0, 0.1) is 6.92 Å². The Kier molecular flexibility index (Phi) is 5.51. The zero-order chi connectivity index (χ0) is 15.1. The van der Waals surface area contributed by atoms with E-state index < -0.39 is 0 Å². The molecule has 0 atom stereocenters. The second-order valence-corrected chi connectivity index (χ2v) is 4.56. The first kappa shape index (κ1) is 15.3. The van der Waals surface area contributed by atoms with Gasteiger partial charge in [-0.2, -0.15) is 0 Å². The van der Waals surface area contributed by atoms with E-state index in [0.717, 1.165) is 34.9 Å². The van der Waals surface area contributed by atoms with Crippen LogP contribution < -0.4 is 10.1 Å². The molecule has 0 aliphatic heterocycles. The van der Waals surface area contributed by atoms with Crippen molar-refractivity contribution in [2.45, 2.75) is 13.8 Å². The summed E-state index contributed by atoms with van der Waals surface area (Å²) in [5.74, 6) is 1.66. The minimum Gasteiger partial charge on any atom is -0.490 e. The Hall–Kier alpha value is -2.14. The number of nitrogens with zero attached hydrogens (tertiary/aromatic N) is 2. The third kappa shape index (κ3) is 3.70. The van der Waals surface area contributed by atoms with Gasteiger partial charge >= 0.3 is 0 Å². The van der Waals surface area contributed by atoms with E-state index in [1.165, 1.54) is 0 Å². The number of ether oxygens (including phenoxy) is 2. The topological polar surface area (TPSA) is 56.3 Å². The summed E-state index contributed by atoms with van der Waals surface area (Å²) < 4.78 is 10.8. The molecule has 0 saturated heterocycles. The number of rotatable bonds is 7. The Morgan fingerprint density at radius 1 is 1.14 bits per heavy atom. The number of para-hydroxylation sites is 1. The molecule has 0 aliphatic carbocycles. The molecule has 0 amide bonds. The number of aromatic nitrogens is 2. The average molecular weight is 287 g/mol. The van der Waals surface area contributed by atoms with Gasteiger partial charge in [-0.15, -0.1) is 0 Å². The molecule has 1 aromatic heterocycles. The molecule has 1 aromatic carbocycles. The molecule has 0 bridgehead atoms. The maximum Gasteiger partial charge on any atom is 0.132 e. The van der Waals surface area contributed by atoms with Crippen LogP contribution in [0.15, 0.2) is 30.6 Å². The SMILES string of the molecule is CCNc1ncnc(-c2ccccc2OCCOC)c1C. The van der Waals surface area contributed by atoms with Gasteiger partial charge in [-0.05, 0) is 26.0 Å². The van der Waals surface area contributed by atoms with Crippen molar-refractivity contribution >= 4 is 5.82 Å². The minimum atomic E-state index is 0.512. The number of nitrogens with one attached hydrogen (secondary N) is 1. The van der Waals surface area contributed by atoms with Crippen LogP contribution in [0.1, 0.15) is 12.5 Å². The third-order valence-corrected chi connectivity index (χ3v) is 3.12. The lowest BCUT2D eigenvalue weighted by molar-refractivity contribution is 0.146. The van der Waals surface area contributed by atoms with E-state index in [1.54, 1.807) is 13.4 Å². The normalized spacial score (nSPS) is 10.4. The maximum absolute atomic E-state index is 5.78. The fourth-order valence-electron chi connectivity index (χ4n) is 2.09. The second-order valence-electron chi connectivity index (χ2n) is 4.56. The molecule has 0 spiro atoms. The molecule has 1 heterocycles. The van der Waals surface area contributed by atoms with Crippen LogP contribution in [-0.2, 0) is 4.74 Å². The van der Waals surface area contributed by atoms with Crippen LogP contribution in [0.25, 0.3) is 11.3 Å². The summed E-state index contributed by atoms with van der Waals surface area (Å²) in [5, 5.41) is 3.25. The Morgan fingerprint density at radius 3 is 2.71 bits per heavy atom. The van der Waals surface area contributed by atoms with Gasteiger partial charge in [0.15, 0.2) is 0 Å². The summed E-state index contributed by atoms with van der Waals surface area (Å²) in [7, 11) is 1.66.